The van der Waals surface area contributed by atoms with Crippen molar-refractivity contribution in [1.82, 2.24) is 14.5 Å². The van der Waals surface area contributed by atoms with Crippen molar-refractivity contribution in [2.24, 2.45) is 0 Å². The van der Waals surface area contributed by atoms with E-state index in [4.69, 9.17) is 0 Å². The highest BCUT2D eigenvalue weighted by atomic mass is 16.3. The van der Waals surface area contributed by atoms with E-state index in [2.05, 4.69) is 40.4 Å². The van der Waals surface area contributed by atoms with Crippen LogP contribution in [0.2, 0.25) is 0 Å². The summed E-state index contributed by atoms with van der Waals surface area (Å²) in [6.07, 6.45) is 2.93. The largest absolute Gasteiger partial charge is 0.388 e. The summed E-state index contributed by atoms with van der Waals surface area (Å²) >= 11 is 0. The first-order valence-electron chi connectivity index (χ1n) is 9.90. The van der Waals surface area contributed by atoms with Crippen LogP contribution in [0.5, 0.6) is 0 Å². The Bertz CT molecular complexity index is 1020. The molecular formula is C22H27N3O2. The fraction of sp³-hybridized carbons (Fsp3) is 0.455. The van der Waals surface area contributed by atoms with Crippen molar-refractivity contribution < 1.29 is 9.90 Å². The summed E-state index contributed by atoms with van der Waals surface area (Å²) in [5, 5.41) is 12.5. The molecule has 0 saturated heterocycles. The lowest BCUT2D eigenvalue weighted by atomic mass is 10.0. The van der Waals surface area contributed by atoms with Gasteiger partial charge in [-0.25, -0.2) is 4.98 Å². The number of benzene rings is 1. The third-order valence-electron chi connectivity index (χ3n) is 5.98. The summed E-state index contributed by atoms with van der Waals surface area (Å²) in [6.45, 7) is 9.81. The van der Waals surface area contributed by atoms with Gasteiger partial charge in [-0.2, -0.15) is 0 Å². The number of carbonyl (C=O) groups is 1. The van der Waals surface area contributed by atoms with Gasteiger partial charge in [-0.3, -0.25) is 4.79 Å². The molecule has 1 atom stereocenters. The maximum Gasteiger partial charge on any atom is 0.161 e. The molecule has 2 heterocycles. The predicted molar refractivity (Wildman–Crippen MR) is 108 cm³/mol. The molecule has 0 bridgehead atoms. The number of aliphatic hydroxyl groups excluding tert-OH is 1. The van der Waals surface area contributed by atoms with Gasteiger partial charge in [0.1, 0.15) is 5.65 Å². The van der Waals surface area contributed by atoms with E-state index in [9.17, 15) is 9.90 Å². The second kappa shape index (κ2) is 7.06. The van der Waals surface area contributed by atoms with Gasteiger partial charge >= 0.3 is 0 Å². The number of likely N-dealkylation sites (N-methyl/N-ethyl adjacent to an activating group) is 1. The van der Waals surface area contributed by atoms with Crippen LogP contribution in [0, 0.1) is 0 Å². The van der Waals surface area contributed by atoms with Crippen LogP contribution in [0.15, 0.2) is 24.4 Å². The van der Waals surface area contributed by atoms with Gasteiger partial charge < -0.3 is 14.6 Å². The van der Waals surface area contributed by atoms with Crippen LogP contribution in [0.25, 0.3) is 21.9 Å². The molecular weight excluding hydrogens is 338 g/mol. The van der Waals surface area contributed by atoms with Gasteiger partial charge in [0.15, 0.2) is 5.78 Å². The zero-order chi connectivity index (χ0) is 19.1. The Balaban J connectivity index is 1.95. The fourth-order valence-corrected chi connectivity index (χ4v) is 4.37. The number of pyridine rings is 1. The van der Waals surface area contributed by atoms with E-state index in [1.165, 1.54) is 5.56 Å². The fourth-order valence-electron chi connectivity index (χ4n) is 4.37. The normalized spacial score (nSPS) is 16.6. The van der Waals surface area contributed by atoms with Crippen molar-refractivity contribution in [2.45, 2.75) is 46.3 Å². The van der Waals surface area contributed by atoms with Crippen LogP contribution < -0.4 is 0 Å². The molecule has 1 aliphatic carbocycles. The zero-order valence-electron chi connectivity index (χ0n) is 16.3. The Morgan fingerprint density at radius 1 is 1.33 bits per heavy atom. The summed E-state index contributed by atoms with van der Waals surface area (Å²) in [4.78, 5) is 19.0. The average molecular weight is 365 g/mol. The van der Waals surface area contributed by atoms with E-state index >= 15 is 0 Å². The molecule has 3 aromatic rings. The second-order valence-electron chi connectivity index (χ2n) is 7.41. The quantitative estimate of drug-likeness (QED) is 0.677. The van der Waals surface area contributed by atoms with Crippen molar-refractivity contribution in [2.75, 3.05) is 19.6 Å². The molecule has 5 nitrogen and oxygen atoms in total. The summed E-state index contributed by atoms with van der Waals surface area (Å²) in [5.41, 5.74) is 4.96. The summed E-state index contributed by atoms with van der Waals surface area (Å²) < 4.78 is 2.28. The molecule has 4 rings (SSSR count). The number of nitrogens with zero attached hydrogens (tertiary/aromatic N) is 3. The molecule has 0 aliphatic heterocycles. The number of carbonyl (C=O) groups excluding carboxylic acids is 1. The monoisotopic (exact) mass is 365 g/mol. The van der Waals surface area contributed by atoms with Crippen LogP contribution in [-0.4, -0.2) is 45.0 Å². The minimum absolute atomic E-state index is 0.0288. The standard InChI is InChI=1S/C22H27N3O2/c1-4-24(5-2)10-11-25-19-8-6-16-17(7-9-20(16)27)21(19)18-12-15(14(3)26)13-23-22(18)25/h6,8,12-13,20,27H,4-5,7,9-11H2,1-3H3. The third kappa shape index (κ3) is 2.95. The van der Waals surface area contributed by atoms with Gasteiger partial charge in [0, 0.05) is 35.6 Å². The molecule has 1 aliphatic rings. The molecule has 142 valence electrons. The van der Waals surface area contributed by atoms with Crippen molar-refractivity contribution >= 4 is 27.7 Å². The average Bonchev–Trinajstić information content (AvgIpc) is 3.20. The summed E-state index contributed by atoms with van der Waals surface area (Å²) in [6, 6.07) is 6.15. The summed E-state index contributed by atoms with van der Waals surface area (Å²) in [7, 11) is 0. The van der Waals surface area contributed by atoms with Crippen molar-refractivity contribution in [3.05, 3.63) is 41.1 Å². The number of aliphatic hydroxyl groups is 1. The van der Waals surface area contributed by atoms with Gasteiger partial charge in [-0.05, 0) is 56.1 Å². The molecule has 1 N–H and O–H groups in total. The number of ketones is 1. The second-order valence-corrected chi connectivity index (χ2v) is 7.41. The molecule has 2 aromatic heterocycles. The smallest absolute Gasteiger partial charge is 0.161 e. The van der Waals surface area contributed by atoms with Crippen LogP contribution in [-0.2, 0) is 13.0 Å². The van der Waals surface area contributed by atoms with Crippen LogP contribution in [0.3, 0.4) is 0 Å². The first-order chi connectivity index (χ1) is 13.0. The number of hydrogen-bond donors (Lipinski definition) is 1. The van der Waals surface area contributed by atoms with E-state index in [1.807, 2.05) is 6.07 Å². The van der Waals surface area contributed by atoms with Gasteiger partial charge in [0.2, 0.25) is 0 Å². The van der Waals surface area contributed by atoms with E-state index in [1.54, 1.807) is 13.1 Å². The number of aryl methyl sites for hydroxylation is 1. The maximum atomic E-state index is 11.9. The highest BCUT2D eigenvalue weighted by molar-refractivity contribution is 6.11. The van der Waals surface area contributed by atoms with Gasteiger partial charge in [-0.15, -0.1) is 0 Å². The highest BCUT2D eigenvalue weighted by Crippen LogP contribution is 2.40. The number of hydrogen-bond acceptors (Lipinski definition) is 4. The van der Waals surface area contributed by atoms with Crippen LogP contribution in [0.4, 0.5) is 0 Å². The van der Waals surface area contributed by atoms with Gasteiger partial charge in [0.25, 0.3) is 0 Å². The van der Waals surface area contributed by atoms with E-state index in [0.29, 0.717) is 5.56 Å². The maximum absolute atomic E-state index is 11.9. The van der Waals surface area contributed by atoms with Gasteiger partial charge in [-0.1, -0.05) is 19.9 Å². The molecule has 0 amide bonds. The molecule has 27 heavy (non-hydrogen) atoms. The number of aromatic nitrogens is 2. The number of rotatable bonds is 6. The molecule has 1 aromatic carbocycles. The Kier molecular flexibility index (Phi) is 4.74. The summed E-state index contributed by atoms with van der Waals surface area (Å²) in [5.74, 6) is 0.0288. The Labute approximate surface area is 159 Å². The number of fused-ring (bicyclic) bond motifs is 5. The molecule has 5 heteroatoms. The lowest BCUT2D eigenvalue weighted by Gasteiger charge is -2.19. The molecule has 0 fully saturated rings. The molecule has 1 unspecified atom stereocenters. The third-order valence-corrected chi connectivity index (χ3v) is 5.98. The Hall–Kier alpha value is -2.24. The minimum Gasteiger partial charge on any atom is -0.388 e. The SMILES string of the molecule is CCN(CC)CCn1c2ccc3c(c2c2cc(C(C)=O)cnc21)CCC3O. The Morgan fingerprint density at radius 3 is 2.81 bits per heavy atom. The zero-order valence-corrected chi connectivity index (χ0v) is 16.3. The highest BCUT2D eigenvalue weighted by Gasteiger charge is 2.26. The Morgan fingerprint density at radius 2 is 2.11 bits per heavy atom. The lowest BCUT2D eigenvalue weighted by Crippen LogP contribution is -2.27. The molecule has 0 saturated carbocycles. The van der Waals surface area contributed by atoms with E-state index in [0.717, 1.165) is 66.5 Å². The van der Waals surface area contributed by atoms with Crippen LogP contribution >= 0.6 is 0 Å². The van der Waals surface area contributed by atoms with Gasteiger partial charge in [0.05, 0.1) is 11.6 Å². The van der Waals surface area contributed by atoms with Crippen LogP contribution in [0.1, 0.15) is 54.8 Å². The van der Waals surface area contributed by atoms with Crippen molar-refractivity contribution in [3.63, 3.8) is 0 Å². The lowest BCUT2D eigenvalue weighted by molar-refractivity contribution is 0.101. The predicted octanol–water partition coefficient (Wildman–Crippen LogP) is 3.71. The molecule has 0 spiro atoms. The molecule has 0 radical (unpaired) electrons. The first-order valence-corrected chi connectivity index (χ1v) is 9.90. The number of Topliss-reactive ketones (excluding diaryl/α,β-unsaturated/α-hetero) is 1. The van der Waals surface area contributed by atoms with Crippen molar-refractivity contribution in [3.8, 4) is 0 Å². The topological polar surface area (TPSA) is 58.4 Å². The minimum atomic E-state index is -0.387. The van der Waals surface area contributed by atoms with E-state index in [-0.39, 0.29) is 11.9 Å². The van der Waals surface area contributed by atoms with E-state index < -0.39 is 0 Å². The first kappa shape index (κ1) is 18.1. The van der Waals surface area contributed by atoms with Crippen molar-refractivity contribution in [1.29, 1.82) is 0 Å².